The van der Waals surface area contributed by atoms with E-state index in [1.807, 2.05) is 12.1 Å². The molecular formula is C27H27FN2O5. The number of anilines is 1. The summed E-state index contributed by atoms with van der Waals surface area (Å²) in [6.07, 6.45) is -0.837. The second kappa shape index (κ2) is 11.1. The zero-order chi connectivity index (χ0) is 24.8. The first-order valence-corrected chi connectivity index (χ1v) is 11.3. The van der Waals surface area contributed by atoms with Crippen molar-refractivity contribution in [3.63, 3.8) is 0 Å². The lowest BCUT2D eigenvalue weighted by Crippen LogP contribution is -2.51. The maximum Gasteiger partial charge on any atom is 0.249 e. The van der Waals surface area contributed by atoms with E-state index in [2.05, 4.69) is 5.32 Å². The van der Waals surface area contributed by atoms with E-state index in [1.165, 1.54) is 11.0 Å². The van der Waals surface area contributed by atoms with Gasteiger partial charge < -0.3 is 24.8 Å². The highest BCUT2D eigenvalue weighted by atomic mass is 19.1. The second-order valence-corrected chi connectivity index (χ2v) is 8.34. The highest BCUT2D eigenvalue weighted by Gasteiger charge is 2.35. The molecule has 0 spiro atoms. The van der Waals surface area contributed by atoms with Crippen LogP contribution in [-0.4, -0.2) is 48.2 Å². The maximum absolute atomic E-state index is 14.2. The Kier molecular flexibility index (Phi) is 7.74. The molecular weight excluding hydrogens is 451 g/mol. The Morgan fingerprint density at radius 3 is 2.54 bits per heavy atom. The quantitative estimate of drug-likeness (QED) is 0.518. The number of carbonyl (C=O) groups is 2. The molecule has 3 aromatic rings. The second-order valence-electron chi connectivity index (χ2n) is 8.34. The van der Waals surface area contributed by atoms with Gasteiger partial charge in [-0.05, 0) is 41.5 Å². The van der Waals surface area contributed by atoms with Crippen molar-refractivity contribution >= 4 is 17.5 Å². The normalized spacial score (nSPS) is 16.6. The molecule has 182 valence electrons. The predicted molar refractivity (Wildman–Crippen MR) is 128 cm³/mol. The van der Waals surface area contributed by atoms with Gasteiger partial charge in [0.2, 0.25) is 11.8 Å². The fourth-order valence-corrected chi connectivity index (χ4v) is 4.02. The molecule has 1 fully saturated rings. The third-order valence-electron chi connectivity index (χ3n) is 5.96. The maximum atomic E-state index is 14.2. The number of morpholine rings is 1. The number of aliphatic hydroxyl groups is 1. The standard InChI is InChI=1S/C27H27FN2O5/c1-34-22-12-6-18(7-13-22)14-25(31)29-21-10-8-19(9-11-21)27(33)24-16-35-17-26(32)30(24)15-20-4-2-3-5-23(20)28/h2-13,24,27,33H,14-17H2,1H3,(H,29,31)/t24-,27-/m1/s1. The predicted octanol–water partition coefficient (Wildman–Crippen LogP) is 3.48. The summed E-state index contributed by atoms with van der Waals surface area (Å²) in [4.78, 5) is 26.4. The molecule has 35 heavy (non-hydrogen) atoms. The Morgan fingerprint density at radius 1 is 1.14 bits per heavy atom. The molecule has 0 aliphatic carbocycles. The van der Waals surface area contributed by atoms with Crippen LogP contribution in [0, 0.1) is 5.82 Å². The molecule has 1 heterocycles. The van der Waals surface area contributed by atoms with Crippen molar-refractivity contribution in [1.82, 2.24) is 4.90 Å². The molecule has 0 aromatic heterocycles. The molecule has 4 rings (SSSR count). The zero-order valence-corrected chi connectivity index (χ0v) is 19.3. The van der Waals surface area contributed by atoms with Crippen molar-refractivity contribution in [3.8, 4) is 5.75 Å². The Morgan fingerprint density at radius 2 is 1.86 bits per heavy atom. The SMILES string of the molecule is COc1ccc(CC(=O)Nc2ccc([C@@H](O)[C@H]3COCC(=O)N3Cc3ccccc3F)cc2)cc1. The van der Waals surface area contributed by atoms with Crippen molar-refractivity contribution in [2.45, 2.75) is 25.1 Å². The molecule has 0 saturated carbocycles. The van der Waals surface area contributed by atoms with Crippen LogP contribution in [0.2, 0.25) is 0 Å². The van der Waals surface area contributed by atoms with Crippen LogP contribution in [-0.2, 0) is 27.3 Å². The van der Waals surface area contributed by atoms with Crippen LogP contribution >= 0.6 is 0 Å². The molecule has 3 aromatic carbocycles. The molecule has 0 radical (unpaired) electrons. The summed E-state index contributed by atoms with van der Waals surface area (Å²) < 4.78 is 24.7. The number of ether oxygens (including phenoxy) is 2. The van der Waals surface area contributed by atoms with E-state index in [0.717, 1.165) is 11.3 Å². The molecule has 1 aliphatic heterocycles. The van der Waals surface area contributed by atoms with Gasteiger partial charge in [-0.25, -0.2) is 4.39 Å². The van der Waals surface area contributed by atoms with Gasteiger partial charge in [-0.2, -0.15) is 0 Å². The minimum atomic E-state index is -1.05. The number of nitrogens with one attached hydrogen (secondary N) is 1. The number of methoxy groups -OCH3 is 1. The average Bonchev–Trinajstić information content (AvgIpc) is 2.87. The summed E-state index contributed by atoms with van der Waals surface area (Å²) in [7, 11) is 1.59. The van der Waals surface area contributed by atoms with Gasteiger partial charge in [-0.3, -0.25) is 9.59 Å². The van der Waals surface area contributed by atoms with Gasteiger partial charge in [0.15, 0.2) is 0 Å². The van der Waals surface area contributed by atoms with Crippen molar-refractivity contribution in [1.29, 1.82) is 0 Å². The average molecular weight is 479 g/mol. The van der Waals surface area contributed by atoms with Crippen molar-refractivity contribution in [2.75, 3.05) is 25.6 Å². The van der Waals surface area contributed by atoms with Crippen LogP contribution in [0.4, 0.5) is 10.1 Å². The van der Waals surface area contributed by atoms with E-state index in [1.54, 1.807) is 61.7 Å². The molecule has 2 amide bonds. The fraction of sp³-hybridized carbons (Fsp3) is 0.259. The number of rotatable bonds is 8. The Hall–Kier alpha value is -3.75. The lowest BCUT2D eigenvalue weighted by Gasteiger charge is -2.38. The topological polar surface area (TPSA) is 88.1 Å². The molecule has 1 saturated heterocycles. The molecule has 2 N–H and O–H groups in total. The minimum Gasteiger partial charge on any atom is -0.497 e. The third kappa shape index (κ3) is 6.03. The number of hydrogen-bond donors (Lipinski definition) is 2. The molecule has 0 bridgehead atoms. The summed E-state index contributed by atoms with van der Waals surface area (Å²) in [6.45, 7) is 0.0502. The number of halogens is 1. The van der Waals surface area contributed by atoms with Crippen LogP contribution in [0.3, 0.4) is 0 Å². The van der Waals surface area contributed by atoms with E-state index in [0.29, 0.717) is 16.8 Å². The lowest BCUT2D eigenvalue weighted by atomic mass is 9.99. The van der Waals surface area contributed by atoms with Gasteiger partial charge in [0.05, 0.1) is 26.2 Å². The number of hydrogen-bond acceptors (Lipinski definition) is 5. The van der Waals surface area contributed by atoms with Gasteiger partial charge in [-0.15, -0.1) is 0 Å². The first kappa shape index (κ1) is 24.4. The molecule has 0 unspecified atom stereocenters. The summed E-state index contributed by atoms with van der Waals surface area (Å²) in [5.74, 6) is -0.174. The monoisotopic (exact) mass is 478 g/mol. The summed E-state index contributed by atoms with van der Waals surface area (Å²) in [6, 6.07) is 19.6. The Bertz CT molecular complexity index is 1170. The zero-order valence-electron chi connectivity index (χ0n) is 19.3. The van der Waals surface area contributed by atoms with E-state index in [4.69, 9.17) is 9.47 Å². The summed E-state index contributed by atoms with van der Waals surface area (Å²) >= 11 is 0. The largest absolute Gasteiger partial charge is 0.497 e. The first-order valence-electron chi connectivity index (χ1n) is 11.3. The molecule has 2 atom stereocenters. The van der Waals surface area contributed by atoms with E-state index in [-0.39, 0.29) is 38.0 Å². The van der Waals surface area contributed by atoms with Crippen molar-refractivity contribution < 1.29 is 28.6 Å². The number of amides is 2. The van der Waals surface area contributed by atoms with Gasteiger partial charge in [0.25, 0.3) is 0 Å². The van der Waals surface area contributed by atoms with Crippen LogP contribution in [0.1, 0.15) is 22.8 Å². The van der Waals surface area contributed by atoms with Crippen LogP contribution in [0.5, 0.6) is 5.75 Å². The van der Waals surface area contributed by atoms with Crippen LogP contribution in [0.25, 0.3) is 0 Å². The first-order chi connectivity index (χ1) is 16.9. The highest BCUT2D eigenvalue weighted by molar-refractivity contribution is 5.92. The van der Waals surface area contributed by atoms with Crippen molar-refractivity contribution in [3.05, 3.63) is 95.3 Å². The Balaban J connectivity index is 1.41. The molecule has 1 aliphatic rings. The van der Waals surface area contributed by atoms with Crippen molar-refractivity contribution in [2.24, 2.45) is 0 Å². The van der Waals surface area contributed by atoms with Gasteiger partial charge in [0, 0.05) is 17.8 Å². The minimum absolute atomic E-state index is 0.0378. The summed E-state index contributed by atoms with van der Waals surface area (Å²) in [5.41, 5.74) is 2.36. The summed E-state index contributed by atoms with van der Waals surface area (Å²) in [5, 5.41) is 13.9. The van der Waals surface area contributed by atoms with E-state index >= 15 is 0 Å². The smallest absolute Gasteiger partial charge is 0.249 e. The third-order valence-corrected chi connectivity index (χ3v) is 5.96. The van der Waals surface area contributed by atoms with E-state index < -0.39 is 18.0 Å². The van der Waals surface area contributed by atoms with Gasteiger partial charge >= 0.3 is 0 Å². The number of nitrogens with zero attached hydrogens (tertiary/aromatic N) is 1. The lowest BCUT2D eigenvalue weighted by molar-refractivity contribution is -0.155. The Labute approximate surface area is 203 Å². The fourth-order valence-electron chi connectivity index (χ4n) is 4.02. The number of benzene rings is 3. The number of aliphatic hydroxyl groups excluding tert-OH is 1. The van der Waals surface area contributed by atoms with Gasteiger partial charge in [0.1, 0.15) is 24.3 Å². The van der Waals surface area contributed by atoms with E-state index in [9.17, 15) is 19.1 Å². The van der Waals surface area contributed by atoms with Gasteiger partial charge in [-0.1, -0.05) is 42.5 Å². The highest BCUT2D eigenvalue weighted by Crippen LogP contribution is 2.27. The van der Waals surface area contributed by atoms with Crippen LogP contribution < -0.4 is 10.1 Å². The molecule has 7 nitrogen and oxygen atoms in total. The number of carbonyl (C=O) groups excluding carboxylic acids is 2. The molecule has 8 heteroatoms. The van der Waals surface area contributed by atoms with Crippen LogP contribution in [0.15, 0.2) is 72.8 Å².